The fourth-order valence-electron chi connectivity index (χ4n) is 3.80. The number of aromatic nitrogens is 2. The molecule has 1 N–H and O–H groups in total. The number of hydrogen-bond donors (Lipinski definition) is 1. The highest BCUT2D eigenvalue weighted by atomic mass is 32.1. The minimum atomic E-state index is -0.363. The van der Waals surface area contributed by atoms with Crippen LogP contribution < -0.4 is 4.90 Å². The lowest BCUT2D eigenvalue weighted by atomic mass is 10.2. The number of nitrogens with one attached hydrogen (secondary N) is 1. The summed E-state index contributed by atoms with van der Waals surface area (Å²) in [5.41, 5.74) is 3.88. The molecule has 1 aliphatic rings. The van der Waals surface area contributed by atoms with Crippen LogP contribution in [0.4, 0.5) is 15.8 Å². The normalized spacial score (nSPS) is 14.0. The molecule has 0 spiro atoms. The van der Waals surface area contributed by atoms with Crippen molar-refractivity contribution in [2.75, 3.05) is 24.6 Å². The zero-order valence-electron chi connectivity index (χ0n) is 17.7. The second-order valence-corrected chi connectivity index (χ2v) is 8.54. The Bertz CT molecular complexity index is 1270. The van der Waals surface area contributed by atoms with Gasteiger partial charge in [-0.25, -0.2) is 9.78 Å². The molecular weight excluding hydrogens is 422 g/mol. The zero-order chi connectivity index (χ0) is 21.9. The van der Waals surface area contributed by atoms with Gasteiger partial charge in [0, 0.05) is 29.6 Å². The molecule has 0 aliphatic carbocycles. The molecule has 0 atom stereocenters. The van der Waals surface area contributed by atoms with Crippen molar-refractivity contribution in [2.45, 2.75) is 19.8 Å². The summed E-state index contributed by atoms with van der Waals surface area (Å²) in [6.45, 7) is 4.19. The Morgan fingerprint density at radius 2 is 1.94 bits per heavy atom. The summed E-state index contributed by atoms with van der Waals surface area (Å²) in [6, 6.07) is 17.6. The third-order valence-corrected chi connectivity index (χ3v) is 6.38. The molecule has 2 aromatic carbocycles. The van der Waals surface area contributed by atoms with Gasteiger partial charge in [-0.2, -0.15) is 0 Å². The average Bonchev–Trinajstić information content (AvgIpc) is 3.57. The highest BCUT2D eigenvalue weighted by Crippen LogP contribution is 2.41. The predicted octanol–water partition coefficient (Wildman–Crippen LogP) is 6.48. The van der Waals surface area contributed by atoms with Gasteiger partial charge in [0.2, 0.25) is 0 Å². The maximum atomic E-state index is 12.0. The second kappa shape index (κ2) is 8.92. The van der Waals surface area contributed by atoms with E-state index in [0.717, 1.165) is 45.4 Å². The molecule has 3 heterocycles. The molecule has 162 valence electrons. The lowest BCUT2D eigenvalue weighted by Crippen LogP contribution is -2.17. The van der Waals surface area contributed by atoms with E-state index in [9.17, 15) is 4.79 Å². The van der Waals surface area contributed by atoms with Crippen molar-refractivity contribution in [3.8, 4) is 11.3 Å². The first-order valence-corrected chi connectivity index (χ1v) is 11.6. The number of rotatable bonds is 6. The van der Waals surface area contributed by atoms with Gasteiger partial charge in [0.25, 0.3) is 0 Å². The Morgan fingerprint density at radius 3 is 2.72 bits per heavy atom. The molecule has 32 heavy (non-hydrogen) atoms. The molecular formula is C24H23N5O2S. The highest BCUT2D eigenvalue weighted by Gasteiger charge is 2.20. The average molecular weight is 446 g/mol. The lowest BCUT2D eigenvalue weighted by Gasteiger charge is -2.11. The molecule has 5 rings (SSSR count). The SMILES string of the molecule is CCOC(=O)c1cc2cc(N=Nc3sc(N4CCCC4)nc3-c3ccccc3)ccc2[nH]1. The van der Waals surface area contributed by atoms with Gasteiger partial charge in [-0.05, 0) is 44.0 Å². The Morgan fingerprint density at radius 1 is 1.12 bits per heavy atom. The number of H-pyrrole nitrogens is 1. The van der Waals surface area contributed by atoms with Crippen LogP contribution in [0.3, 0.4) is 0 Å². The number of hydrogen-bond acceptors (Lipinski definition) is 7. The monoisotopic (exact) mass is 445 g/mol. The van der Waals surface area contributed by atoms with Crippen LogP contribution >= 0.6 is 11.3 Å². The van der Waals surface area contributed by atoms with Crippen LogP contribution in [0.2, 0.25) is 0 Å². The number of carbonyl (C=O) groups excluding carboxylic acids is 1. The number of benzene rings is 2. The number of fused-ring (bicyclic) bond motifs is 1. The molecule has 0 radical (unpaired) electrons. The quantitative estimate of drug-likeness (QED) is 0.272. The van der Waals surface area contributed by atoms with Gasteiger partial charge in [-0.15, -0.1) is 10.2 Å². The van der Waals surface area contributed by atoms with Crippen molar-refractivity contribution in [3.63, 3.8) is 0 Å². The van der Waals surface area contributed by atoms with Crippen molar-refractivity contribution in [1.29, 1.82) is 0 Å². The van der Waals surface area contributed by atoms with E-state index in [-0.39, 0.29) is 5.97 Å². The molecule has 7 nitrogen and oxygen atoms in total. The van der Waals surface area contributed by atoms with Crippen LogP contribution in [0, 0.1) is 0 Å². The van der Waals surface area contributed by atoms with Crippen LogP contribution in [0.25, 0.3) is 22.2 Å². The summed E-state index contributed by atoms with van der Waals surface area (Å²) in [7, 11) is 0. The van der Waals surface area contributed by atoms with Crippen LogP contribution in [-0.2, 0) is 4.74 Å². The Hall–Kier alpha value is -3.52. The maximum Gasteiger partial charge on any atom is 0.354 e. The first-order valence-electron chi connectivity index (χ1n) is 10.7. The van der Waals surface area contributed by atoms with Gasteiger partial charge < -0.3 is 14.6 Å². The number of thiazole rings is 1. The summed E-state index contributed by atoms with van der Waals surface area (Å²) in [5.74, 6) is -0.363. The molecule has 1 fully saturated rings. The van der Waals surface area contributed by atoms with Gasteiger partial charge in [0.05, 0.1) is 12.3 Å². The van der Waals surface area contributed by atoms with E-state index in [1.165, 1.54) is 12.8 Å². The number of nitrogens with zero attached hydrogens (tertiary/aromatic N) is 4. The van der Waals surface area contributed by atoms with Crippen molar-refractivity contribution in [2.24, 2.45) is 10.2 Å². The largest absolute Gasteiger partial charge is 0.461 e. The van der Waals surface area contributed by atoms with Crippen molar-refractivity contribution >= 4 is 44.0 Å². The molecule has 8 heteroatoms. The van der Waals surface area contributed by atoms with E-state index in [0.29, 0.717) is 18.0 Å². The van der Waals surface area contributed by atoms with E-state index >= 15 is 0 Å². The lowest BCUT2D eigenvalue weighted by molar-refractivity contribution is 0.0520. The van der Waals surface area contributed by atoms with Crippen molar-refractivity contribution < 1.29 is 9.53 Å². The number of aromatic amines is 1. The summed E-state index contributed by atoms with van der Waals surface area (Å²) >= 11 is 1.58. The van der Waals surface area contributed by atoms with Crippen molar-refractivity contribution in [3.05, 3.63) is 60.3 Å². The zero-order valence-corrected chi connectivity index (χ0v) is 18.6. The molecule has 1 saturated heterocycles. The minimum Gasteiger partial charge on any atom is -0.461 e. The summed E-state index contributed by atoms with van der Waals surface area (Å²) in [4.78, 5) is 22.3. The first kappa shape index (κ1) is 20.4. The fourth-order valence-corrected chi connectivity index (χ4v) is 4.76. The second-order valence-electron chi connectivity index (χ2n) is 7.59. The van der Waals surface area contributed by atoms with E-state index in [1.54, 1.807) is 24.3 Å². The number of ether oxygens (including phenoxy) is 1. The minimum absolute atomic E-state index is 0.339. The predicted molar refractivity (Wildman–Crippen MR) is 127 cm³/mol. The highest BCUT2D eigenvalue weighted by molar-refractivity contribution is 7.19. The van der Waals surface area contributed by atoms with Crippen LogP contribution in [-0.4, -0.2) is 35.6 Å². The molecule has 0 amide bonds. The number of azo groups is 1. The van der Waals surface area contributed by atoms with Crippen LogP contribution in [0.15, 0.2) is 64.8 Å². The Kier molecular flexibility index (Phi) is 5.68. The summed E-state index contributed by atoms with van der Waals surface area (Å²) in [6.07, 6.45) is 2.39. The third-order valence-electron chi connectivity index (χ3n) is 5.38. The molecule has 0 bridgehead atoms. The first-order chi connectivity index (χ1) is 15.7. The molecule has 4 aromatic rings. The summed E-state index contributed by atoms with van der Waals surface area (Å²) in [5, 5.41) is 11.7. The van der Waals surface area contributed by atoms with Gasteiger partial charge >= 0.3 is 5.97 Å². The number of esters is 1. The van der Waals surface area contributed by atoms with Gasteiger partial charge in [0.15, 0.2) is 10.1 Å². The van der Waals surface area contributed by atoms with E-state index in [1.807, 2.05) is 48.5 Å². The fraction of sp³-hybridized carbons (Fsp3) is 0.250. The van der Waals surface area contributed by atoms with Gasteiger partial charge in [-0.3, -0.25) is 0 Å². The molecule has 2 aromatic heterocycles. The van der Waals surface area contributed by atoms with Crippen LogP contribution in [0.1, 0.15) is 30.3 Å². The Balaban J connectivity index is 1.46. The van der Waals surface area contributed by atoms with E-state index < -0.39 is 0 Å². The maximum absolute atomic E-state index is 12.0. The van der Waals surface area contributed by atoms with Crippen molar-refractivity contribution in [1.82, 2.24) is 9.97 Å². The number of anilines is 1. The van der Waals surface area contributed by atoms with E-state index in [2.05, 4.69) is 20.1 Å². The molecule has 1 aliphatic heterocycles. The smallest absolute Gasteiger partial charge is 0.354 e. The Labute approximate surface area is 189 Å². The van der Waals surface area contributed by atoms with Crippen LogP contribution in [0.5, 0.6) is 0 Å². The summed E-state index contributed by atoms with van der Waals surface area (Å²) < 4.78 is 5.07. The molecule has 0 saturated carbocycles. The molecule has 0 unspecified atom stereocenters. The third kappa shape index (κ3) is 4.13. The standard InChI is InChI=1S/C24H23N5O2S/c1-2-31-23(30)20-15-17-14-18(10-11-19(17)25-20)27-28-22-21(16-8-4-3-5-9-16)26-24(32-22)29-12-6-7-13-29/h3-5,8-11,14-15,25H,2,6-7,12-13H2,1H3. The van der Waals surface area contributed by atoms with E-state index in [4.69, 9.17) is 9.72 Å². The van der Waals surface area contributed by atoms with Gasteiger partial charge in [-0.1, -0.05) is 41.7 Å². The number of carbonyl (C=O) groups is 1. The topological polar surface area (TPSA) is 82.9 Å². The van der Waals surface area contributed by atoms with Gasteiger partial charge in [0.1, 0.15) is 11.4 Å².